The van der Waals surface area contributed by atoms with Gasteiger partial charge < -0.3 is 5.32 Å². The highest BCUT2D eigenvalue weighted by Crippen LogP contribution is 2.27. The molecule has 1 rings (SSSR count). The van der Waals surface area contributed by atoms with E-state index < -0.39 is 0 Å². The first-order chi connectivity index (χ1) is 8.30. The van der Waals surface area contributed by atoms with Crippen LogP contribution < -0.4 is 5.32 Å². The lowest BCUT2D eigenvalue weighted by molar-refractivity contribution is 0.259. The van der Waals surface area contributed by atoms with Gasteiger partial charge in [-0.3, -0.25) is 0 Å². The molecule has 1 atom stereocenters. The maximum Gasteiger partial charge on any atom is 0.00698 e. The summed E-state index contributed by atoms with van der Waals surface area (Å²) in [7, 11) is 0. The van der Waals surface area contributed by atoms with Gasteiger partial charge in [-0.15, -0.1) is 0 Å². The van der Waals surface area contributed by atoms with Gasteiger partial charge in [-0.25, -0.2) is 0 Å². The van der Waals surface area contributed by atoms with E-state index in [-0.39, 0.29) is 0 Å². The minimum atomic E-state index is 0.795. The second-order valence-corrected chi connectivity index (χ2v) is 5.92. The molecule has 1 nitrogen and oxygen atoms in total. The average Bonchev–Trinajstić information content (AvgIpc) is 2.37. The van der Waals surface area contributed by atoms with Gasteiger partial charge in [0, 0.05) is 12.1 Å². The Bertz CT molecular complexity index is 170. The first kappa shape index (κ1) is 15.0. The largest absolute Gasteiger partial charge is 0.311 e. The summed E-state index contributed by atoms with van der Waals surface area (Å²) in [6, 6.07) is 1.62. The predicted octanol–water partition coefficient (Wildman–Crippen LogP) is 4.90. The van der Waals surface area contributed by atoms with Gasteiger partial charge in [0.2, 0.25) is 0 Å². The van der Waals surface area contributed by atoms with Crippen LogP contribution in [0.5, 0.6) is 0 Å². The molecule has 0 aromatic carbocycles. The Morgan fingerprint density at radius 3 is 2.18 bits per heavy atom. The number of rotatable bonds is 8. The standard InChI is InChI=1S/C16H33N/c1-4-7-9-15(8-5-2)17-16-12-10-14(6-3)11-13-16/h14-17H,4-13H2,1-3H3. The van der Waals surface area contributed by atoms with E-state index in [1.54, 1.807) is 0 Å². The minimum absolute atomic E-state index is 0.795. The van der Waals surface area contributed by atoms with E-state index >= 15 is 0 Å². The third-order valence-corrected chi connectivity index (χ3v) is 4.44. The van der Waals surface area contributed by atoms with Crippen LogP contribution in [-0.4, -0.2) is 12.1 Å². The van der Waals surface area contributed by atoms with E-state index in [2.05, 4.69) is 26.1 Å². The zero-order valence-corrected chi connectivity index (χ0v) is 12.3. The van der Waals surface area contributed by atoms with Crippen molar-refractivity contribution in [2.45, 2.75) is 97.1 Å². The van der Waals surface area contributed by atoms with Gasteiger partial charge in [0.1, 0.15) is 0 Å². The first-order valence-electron chi connectivity index (χ1n) is 8.06. The van der Waals surface area contributed by atoms with Crippen molar-refractivity contribution in [2.24, 2.45) is 5.92 Å². The summed E-state index contributed by atoms with van der Waals surface area (Å²) < 4.78 is 0. The fraction of sp³-hybridized carbons (Fsp3) is 1.00. The second kappa shape index (κ2) is 8.97. The van der Waals surface area contributed by atoms with Crippen molar-refractivity contribution in [1.82, 2.24) is 5.32 Å². The summed E-state index contributed by atoms with van der Waals surface area (Å²) in [6.45, 7) is 6.96. The van der Waals surface area contributed by atoms with Crippen molar-refractivity contribution in [2.75, 3.05) is 0 Å². The van der Waals surface area contributed by atoms with Crippen LogP contribution in [0.4, 0.5) is 0 Å². The Balaban J connectivity index is 2.24. The molecule has 0 heterocycles. The molecule has 0 radical (unpaired) electrons. The topological polar surface area (TPSA) is 12.0 Å². The van der Waals surface area contributed by atoms with Crippen LogP contribution in [0.2, 0.25) is 0 Å². The van der Waals surface area contributed by atoms with Gasteiger partial charge >= 0.3 is 0 Å². The third kappa shape index (κ3) is 5.90. The Morgan fingerprint density at radius 1 is 0.941 bits per heavy atom. The van der Waals surface area contributed by atoms with Crippen LogP contribution in [0.3, 0.4) is 0 Å². The van der Waals surface area contributed by atoms with Crippen LogP contribution in [0.1, 0.15) is 85.0 Å². The quantitative estimate of drug-likeness (QED) is 0.635. The maximum atomic E-state index is 3.94. The molecule has 1 fully saturated rings. The Morgan fingerprint density at radius 2 is 1.65 bits per heavy atom. The van der Waals surface area contributed by atoms with Crippen LogP contribution in [-0.2, 0) is 0 Å². The van der Waals surface area contributed by atoms with Crippen LogP contribution in [0, 0.1) is 5.92 Å². The Kier molecular flexibility index (Phi) is 7.92. The van der Waals surface area contributed by atoms with Crippen LogP contribution in [0.25, 0.3) is 0 Å². The van der Waals surface area contributed by atoms with Gasteiger partial charge in [0.15, 0.2) is 0 Å². The highest BCUT2D eigenvalue weighted by atomic mass is 14.9. The first-order valence-corrected chi connectivity index (χ1v) is 8.06. The van der Waals surface area contributed by atoms with Gasteiger partial charge in [-0.05, 0) is 44.4 Å². The molecule has 0 aliphatic heterocycles. The lowest BCUT2D eigenvalue weighted by Gasteiger charge is -2.32. The summed E-state index contributed by atoms with van der Waals surface area (Å²) in [5.74, 6) is 1.02. The molecule has 1 heteroatoms. The zero-order chi connectivity index (χ0) is 12.5. The summed E-state index contributed by atoms with van der Waals surface area (Å²) in [6.07, 6.45) is 14.0. The van der Waals surface area contributed by atoms with Crippen molar-refractivity contribution < 1.29 is 0 Å². The average molecular weight is 239 g/mol. The highest BCUT2D eigenvalue weighted by Gasteiger charge is 2.21. The highest BCUT2D eigenvalue weighted by molar-refractivity contribution is 4.80. The normalized spacial score (nSPS) is 27.0. The lowest BCUT2D eigenvalue weighted by Crippen LogP contribution is -2.40. The summed E-state index contributed by atoms with van der Waals surface area (Å²) >= 11 is 0. The minimum Gasteiger partial charge on any atom is -0.311 e. The van der Waals surface area contributed by atoms with Gasteiger partial charge in [-0.1, -0.05) is 46.5 Å². The summed E-state index contributed by atoms with van der Waals surface area (Å²) in [5.41, 5.74) is 0. The molecule has 1 N–H and O–H groups in total. The van der Waals surface area contributed by atoms with E-state index in [4.69, 9.17) is 0 Å². The van der Waals surface area contributed by atoms with Crippen LogP contribution >= 0.6 is 0 Å². The summed E-state index contributed by atoms with van der Waals surface area (Å²) in [4.78, 5) is 0. The second-order valence-electron chi connectivity index (χ2n) is 5.92. The number of unbranched alkanes of at least 4 members (excludes halogenated alkanes) is 1. The van der Waals surface area contributed by atoms with Crippen molar-refractivity contribution in [3.63, 3.8) is 0 Å². The van der Waals surface area contributed by atoms with E-state index in [0.29, 0.717) is 0 Å². The monoisotopic (exact) mass is 239 g/mol. The Labute approximate surface area is 109 Å². The number of nitrogens with one attached hydrogen (secondary N) is 1. The zero-order valence-electron chi connectivity index (χ0n) is 12.3. The molecule has 0 aromatic rings. The molecular formula is C16H33N. The van der Waals surface area contributed by atoms with E-state index in [1.165, 1.54) is 64.2 Å². The summed E-state index contributed by atoms with van der Waals surface area (Å²) in [5, 5.41) is 3.94. The third-order valence-electron chi connectivity index (χ3n) is 4.44. The van der Waals surface area contributed by atoms with E-state index in [0.717, 1.165) is 18.0 Å². The predicted molar refractivity (Wildman–Crippen MR) is 77.4 cm³/mol. The molecule has 0 spiro atoms. The molecule has 1 aliphatic rings. The lowest BCUT2D eigenvalue weighted by atomic mass is 9.84. The molecule has 0 amide bonds. The van der Waals surface area contributed by atoms with E-state index in [9.17, 15) is 0 Å². The molecule has 0 bridgehead atoms. The molecule has 17 heavy (non-hydrogen) atoms. The fourth-order valence-corrected chi connectivity index (χ4v) is 3.18. The van der Waals surface area contributed by atoms with Crippen molar-refractivity contribution >= 4 is 0 Å². The molecule has 0 saturated heterocycles. The van der Waals surface area contributed by atoms with Crippen molar-refractivity contribution in [3.05, 3.63) is 0 Å². The molecule has 1 saturated carbocycles. The van der Waals surface area contributed by atoms with Crippen LogP contribution in [0.15, 0.2) is 0 Å². The number of hydrogen-bond acceptors (Lipinski definition) is 1. The molecule has 0 aromatic heterocycles. The smallest absolute Gasteiger partial charge is 0.00698 e. The maximum absolute atomic E-state index is 3.94. The van der Waals surface area contributed by atoms with Gasteiger partial charge in [-0.2, -0.15) is 0 Å². The van der Waals surface area contributed by atoms with Gasteiger partial charge in [0.25, 0.3) is 0 Å². The van der Waals surface area contributed by atoms with E-state index in [1.807, 2.05) is 0 Å². The SMILES string of the molecule is CCCCC(CCC)NC1CCC(CC)CC1. The van der Waals surface area contributed by atoms with Crippen molar-refractivity contribution in [1.29, 1.82) is 0 Å². The molecule has 1 aliphatic carbocycles. The van der Waals surface area contributed by atoms with Crippen molar-refractivity contribution in [3.8, 4) is 0 Å². The number of hydrogen-bond donors (Lipinski definition) is 1. The molecular weight excluding hydrogens is 206 g/mol. The fourth-order valence-electron chi connectivity index (χ4n) is 3.18. The molecule has 102 valence electrons. The Hall–Kier alpha value is -0.0400. The van der Waals surface area contributed by atoms with Gasteiger partial charge in [0.05, 0.1) is 0 Å². The molecule has 1 unspecified atom stereocenters.